The summed E-state index contributed by atoms with van der Waals surface area (Å²) in [7, 11) is 1.60. The van der Waals surface area contributed by atoms with Crippen molar-refractivity contribution in [3.05, 3.63) is 83.9 Å². The van der Waals surface area contributed by atoms with E-state index in [4.69, 9.17) is 14.2 Å². The summed E-state index contributed by atoms with van der Waals surface area (Å²) in [6.07, 6.45) is -0.361. The Balaban J connectivity index is 1.34. The van der Waals surface area contributed by atoms with E-state index in [1.165, 1.54) is 0 Å². The van der Waals surface area contributed by atoms with E-state index in [1.54, 1.807) is 7.11 Å². The Labute approximate surface area is 193 Å². The fourth-order valence-electron chi connectivity index (χ4n) is 3.73. The summed E-state index contributed by atoms with van der Waals surface area (Å²) in [6.45, 7) is 1.33. The van der Waals surface area contributed by atoms with E-state index in [2.05, 4.69) is 5.32 Å². The van der Waals surface area contributed by atoms with E-state index >= 15 is 0 Å². The molecule has 0 aromatic heterocycles. The number of hydrogen-bond donors (Lipinski definition) is 2. The van der Waals surface area contributed by atoms with Gasteiger partial charge in [0.05, 0.1) is 32.5 Å². The van der Waals surface area contributed by atoms with Crippen molar-refractivity contribution in [2.45, 2.75) is 19.3 Å². The van der Waals surface area contributed by atoms with Crippen molar-refractivity contribution in [2.75, 3.05) is 31.7 Å². The molecule has 3 aromatic carbocycles. The Morgan fingerprint density at radius 3 is 2.64 bits per heavy atom. The number of fused-ring (bicyclic) bond motifs is 1. The summed E-state index contributed by atoms with van der Waals surface area (Å²) in [6, 6.07) is 23.1. The number of methoxy groups -OCH3 is 1. The quantitative estimate of drug-likeness (QED) is 0.524. The van der Waals surface area contributed by atoms with Crippen LogP contribution in [0.25, 0.3) is 0 Å². The molecule has 7 nitrogen and oxygen atoms in total. The van der Waals surface area contributed by atoms with Crippen LogP contribution in [0.4, 0.5) is 5.69 Å². The third kappa shape index (κ3) is 5.75. The molecule has 0 radical (unpaired) electrons. The molecule has 1 amide bonds. The molecule has 1 aliphatic heterocycles. The van der Waals surface area contributed by atoms with Crippen molar-refractivity contribution >= 4 is 11.6 Å². The van der Waals surface area contributed by atoms with Gasteiger partial charge in [-0.05, 0) is 35.4 Å². The molecule has 0 saturated heterocycles. The average molecular weight is 449 g/mol. The van der Waals surface area contributed by atoms with Crippen molar-refractivity contribution in [3.8, 4) is 17.2 Å². The monoisotopic (exact) mass is 448 g/mol. The normalized spacial score (nSPS) is 14.7. The van der Waals surface area contributed by atoms with Crippen LogP contribution in [0.5, 0.6) is 17.2 Å². The second-order valence-corrected chi connectivity index (χ2v) is 7.81. The predicted molar refractivity (Wildman–Crippen MR) is 126 cm³/mol. The van der Waals surface area contributed by atoms with E-state index in [0.717, 1.165) is 16.8 Å². The van der Waals surface area contributed by atoms with Crippen molar-refractivity contribution in [2.24, 2.45) is 0 Å². The minimum atomic E-state index is -0.361. The van der Waals surface area contributed by atoms with Crippen LogP contribution in [-0.2, 0) is 17.9 Å². The maximum atomic E-state index is 12.7. The molecule has 1 aliphatic rings. The number of nitrogens with one attached hydrogen (secondary N) is 1. The standard InChI is InChI=1S/C26H28N2O5/c1-31-25-13-20(11-12-24(25)32-18-19-7-3-2-4-8-19)14-27-26(30)16-28-15-21(17-29)33-23-10-6-5-9-22(23)28/h2-13,21,29H,14-18H2,1H3,(H,27,30)/t21-/m1/s1. The Kier molecular flexibility index (Phi) is 7.32. The first-order valence-corrected chi connectivity index (χ1v) is 10.9. The molecule has 172 valence electrons. The van der Waals surface area contributed by atoms with Gasteiger partial charge >= 0.3 is 0 Å². The Morgan fingerprint density at radius 1 is 1.06 bits per heavy atom. The maximum Gasteiger partial charge on any atom is 0.239 e. The second kappa shape index (κ2) is 10.7. The van der Waals surface area contributed by atoms with Gasteiger partial charge in [0.2, 0.25) is 5.91 Å². The summed E-state index contributed by atoms with van der Waals surface area (Å²) < 4.78 is 17.1. The molecule has 0 spiro atoms. The second-order valence-electron chi connectivity index (χ2n) is 7.81. The van der Waals surface area contributed by atoms with E-state index in [0.29, 0.717) is 36.9 Å². The molecule has 2 N–H and O–H groups in total. The number of ether oxygens (including phenoxy) is 3. The molecule has 33 heavy (non-hydrogen) atoms. The number of anilines is 1. The van der Waals surface area contributed by atoms with Crippen LogP contribution in [0.3, 0.4) is 0 Å². The molecule has 0 bridgehead atoms. The largest absolute Gasteiger partial charge is 0.493 e. The lowest BCUT2D eigenvalue weighted by Gasteiger charge is -2.35. The smallest absolute Gasteiger partial charge is 0.239 e. The number of benzene rings is 3. The Bertz CT molecular complexity index is 1070. The summed E-state index contributed by atoms with van der Waals surface area (Å²) >= 11 is 0. The molecule has 1 heterocycles. The SMILES string of the molecule is COc1cc(CNC(=O)CN2C[C@H](CO)Oc3ccccc32)ccc1OCc1ccccc1. The van der Waals surface area contributed by atoms with Crippen LogP contribution < -0.4 is 24.4 Å². The highest BCUT2D eigenvalue weighted by Gasteiger charge is 2.26. The lowest BCUT2D eigenvalue weighted by Crippen LogP contribution is -2.46. The van der Waals surface area contributed by atoms with Gasteiger partial charge < -0.3 is 29.5 Å². The Morgan fingerprint density at radius 2 is 1.85 bits per heavy atom. The molecule has 7 heteroatoms. The van der Waals surface area contributed by atoms with Gasteiger partial charge in [-0.3, -0.25) is 4.79 Å². The maximum absolute atomic E-state index is 12.7. The fourth-order valence-corrected chi connectivity index (χ4v) is 3.73. The van der Waals surface area contributed by atoms with Crippen LogP contribution in [0, 0.1) is 0 Å². The number of amides is 1. The highest BCUT2D eigenvalue weighted by Crippen LogP contribution is 2.33. The van der Waals surface area contributed by atoms with Crippen LogP contribution in [-0.4, -0.2) is 43.9 Å². The molecule has 0 saturated carbocycles. The third-order valence-corrected chi connectivity index (χ3v) is 5.42. The zero-order valence-electron chi connectivity index (χ0n) is 18.6. The Hall–Kier alpha value is -3.71. The molecule has 0 aliphatic carbocycles. The van der Waals surface area contributed by atoms with Gasteiger partial charge in [-0.1, -0.05) is 48.5 Å². The van der Waals surface area contributed by atoms with Gasteiger partial charge in [-0.25, -0.2) is 0 Å². The molecular weight excluding hydrogens is 420 g/mol. The minimum Gasteiger partial charge on any atom is -0.493 e. The van der Waals surface area contributed by atoms with E-state index in [9.17, 15) is 9.90 Å². The van der Waals surface area contributed by atoms with Crippen LogP contribution in [0.15, 0.2) is 72.8 Å². The van der Waals surface area contributed by atoms with E-state index in [1.807, 2.05) is 77.7 Å². The lowest BCUT2D eigenvalue weighted by molar-refractivity contribution is -0.120. The van der Waals surface area contributed by atoms with Crippen molar-refractivity contribution in [1.29, 1.82) is 0 Å². The van der Waals surface area contributed by atoms with Crippen molar-refractivity contribution in [1.82, 2.24) is 5.32 Å². The van der Waals surface area contributed by atoms with Gasteiger partial charge in [-0.15, -0.1) is 0 Å². The fraction of sp³-hybridized carbons (Fsp3) is 0.269. The average Bonchev–Trinajstić information content (AvgIpc) is 2.86. The molecule has 0 fully saturated rings. The number of para-hydroxylation sites is 2. The first kappa shape index (κ1) is 22.5. The van der Waals surface area contributed by atoms with E-state index < -0.39 is 0 Å². The van der Waals surface area contributed by atoms with Crippen molar-refractivity contribution < 1.29 is 24.1 Å². The third-order valence-electron chi connectivity index (χ3n) is 5.42. The highest BCUT2D eigenvalue weighted by atomic mass is 16.5. The lowest BCUT2D eigenvalue weighted by atomic mass is 10.2. The number of nitrogens with zero attached hydrogens (tertiary/aromatic N) is 1. The summed E-state index contributed by atoms with van der Waals surface area (Å²) in [5.74, 6) is 1.82. The van der Waals surface area contributed by atoms with Gasteiger partial charge in [0.25, 0.3) is 0 Å². The number of carbonyl (C=O) groups excluding carboxylic acids is 1. The summed E-state index contributed by atoms with van der Waals surface area (Å²) in [5, 5.41) is 12.5. The number of hydrogen-bond acceptors (Lipinski definition) is 6. The topological polar surface area (TPSA) is 80.3 Å². The molecule has 4 rings (SSSR count). The number of rotatable bonds is 9. The number of aliphatic hydroxyl groups excluding tert-OH is 1. The molecule has 0 unspecified atom stereocenters. The van der Waals surface area contributed by atoms with Crippen molar-refractivity contribution in [3.63, 3.8) is 0 Å². The number of carbonyl (C=O) groups is 1. The van der Waals surface area contributed by atoms with Crippen LogP contribution >= 0.6 is 0 Å². The first-order chi connectivity index (χ1) is 16.2. The summed E-state index contributed by atoms with van der Waals surface area (Å²) in [5.41, 5.74) is 2.82. The van der Waals surface area contributed by atoms with Gasteiger partial charge in [0.1, 0.15) is 18.5 Å². The molecule has 3 aromatic rings. The van der Waals surface area contributed by atoms with Crippen LogP contribution in [0.2, 0.25) is 0 Å². The summed E-state index contributed by atoms with van der Waals surface area (Å²) in [4.78, 5) is 14.6. The molecule has 1 atom stereocenters. The minimum absolute atomic E-state index is 0.106. The zero-order valence-corrected chi connectivity index (χ0v) is 18.6. The van der Waals surface area contributed by atoms with E-state index in [-0.39, 0.29) is 25.2 Å². The number of aliphatic hydroxyl groups is 1. The van der Waals surface area contributed by atoms with Gasteiger partial charge in [0, 0.05) is 6.54 Å². The highest BCUT2D eigenvalue weighted by molar-refractivity contribution is 5.82. The first-order valence-electron chi connectivity index (χ1n) is 10.9. The van der Waals surface area contributed by atoms with Gasteiger partial charge in [0.15, 0.2) is 11.5 Å². The zero-order chi connectivity index (χ0) is 23.0. The predicted octanol–water partition coefficient (Wildman–Crippen LogP) is 3.15. The van der Waals surface area contributed by atoms with Crippen LogP contribution in [0.1, 0.15) is 11.1 Å². The van der Waals surface area contributed by atoms with Gasteiger partial charge in [-0.2, -0.15) is 0 Å². The molecular formula is C26H28N2O5.